The van der Waals surface area contributed by atoms with Gasteiger partial charge in [0.1, 0.15) is 0 Å². The molecule has 0 aliphatic carbocycles. The lowest BCUT2D eigenvalue weighted by Gasteiger charge is -2.02. The summed E-state index contributed by atoms with van der Waals surface area (Å²) in [6, 6.07) is 8.35. The molecule has 2 rings (SSSR count). The Balaban J connectivity index is 1.66. The molecule has 0 N–H and O–H groups in total. The van der Waals surface area contributed by atoms with Crippen LogP contribution in [-0.2, 0) is 0 Å². The van der Waals surface area contributed by atoms with Gasteiger partial charge in [0, 0.05) is 12.0 Å². The van der Waals surface area contributed by atoms with Crippen molar-refractivity contribution in [2.45, 2.75) is 90.4 Å². The van der Waals surface area contributed by atoms with Crippen molar-refractivity contribution in [3.63, 3.8) is 0 Å². The van der Waals surface area contributed by atoms with Crippen LogP contribution >= 0.6 is 0 Å². The Morgan fingerprint density at radius 2 is 1.40 bits per heavy atom. The molecule has 2 aromatic rings. The predicted molar refractivity (Wildman–Crippen MR) is 115 cm³/mol. The molecule has 1 heterocycles. The molecule has 1 aromatic heterocycles. The summed E-state index contributed by atoms with van der Waals surface area (Å²) in [5.41, 5.74) is -0.170. The van der Waals surface area contributed by atoms with Crippen LogP contribution in [0.4, 0.5) is 0 Å². The molecule has 0 aliphatic rings. The second-order valence-electron chi connectivity index (χ2n) is 7.88. The van der Waals surface area contributed by atoms with Crippen LogP contribution in [0.1, 0.15) is 117 Å². The molecule has 0 atom stereocenters. The fourth-order valence-corrected chi connectivity index (χ4v) is 3.59. The smallest absolute Gasteiger partial charge is 0.295 e. The SMILES string of the molecule is CCCCCCCCCCCCCCC(=O)c1no[n+]([O-])c1C(=O)c1ccccc1. The van der Waals surface area contributed by atoms with Crippen molar-refractivity contribution in [2.24, 2.45) is 0 Å². The van der Waals surface area contributed by atoms with Crippen LogP contribution in [0.25, 0.3) is 0 Å². The average Bonchev–Trinajstić information content (AvgIpc) is 3.16. The molecule has 0 amide bonds. The zero-order valence-corrected chi connectivity index (χ0v) is 18.1. The average molecular weight is 415 g/mol. The van der Waals surface area contributed by atoms with Gasteiger partial charge in [0.05, 0.1) is 5.16 Å². The monoisotopic (exact) mass is 414 g/mol. The highest BCUT2D eigenvalue weighted by molar-refractivity contribution is 6.12. The van der Waals surface area contributed by atoms with Crippen LogP contribution in [0, 0.1) is 5.21 Å². The van der Waals surface area contributed by atoms with E-state index in [1.807, 2.05) is 0 Å². The first-order valence-electron chi connectivity index (χ1n) is 11.4. The van der Waals surface area contributed by atoms with Crippen molar-refractivity contribution in [3.8, 4) is 0 Å². The quantitative estimate of drug-likeness (QED) is 0.196. The third kappa shape index (κ3) is 7.73. The van der Waals surface area contributed by atoms with Crippen LogP contribution in [0.2, 0.25) is 0 Å². The number of ketones is 2. The first kappa shape index (κ1) is 23.8. The summed E-state index contributed by atoms with van der Waals surface area (Å²) < 4.78 is 4.54. The van der Waals surface area contributed by atoms with Crippen molar-refractivity contribution >= 4 is 11.6 Å². The van der Waals surface area contributed by atoms with Gasteiger partial charge in [-0.05, 0) is 11.3 Å². The molecule has 0 aliphatic heterocycles. The standard InChI is InChI=1S/C24H34N2O4/c1-2-3-4-5-6-7-8-9-10-11-12-16-19-21(27)22-23(26(29)30-25-22)24(28)20-17-14-13-15-18-20/h13-15,17-18H,2-12,16,19H2,1H3. The van der Waals surface area contributed by atoms with E-state index in [2.05, 4.69) is 16.7 Å². The van der Waals surface area contributed by atoms with E-state index in [0.717, 1.165) is 19.3 Å². The molecule has 30 heavy (non-hydrogen) atoms. The summed E-state index contributed by atoms with van der Waals surface area (Å²) in [5.74, 6) is -0.871. The molecule has 0 bridgehead atoms. The van der Waals surface area contributed by atoms with E-state index in [1.165, 1.54) is 57.8 Å². The molecule has 0 saturated heterocycles. The van der Waals surface area contributed by atoms with Crippen LogP contribution in [-0.4, -0.2) is 16.7 Å². The normalized spacial score (nSPS) is 11.0. The molecule has 1 aromatic carbocycles. The van der Waals surface area contributed by atoms with Gasteiger partial charge in [0.2, 0.25) is 11.6 Å². The molecular weight excluding hydrogens is 380 g/mol. The summed E-state index contributed by atoms with van der Waals surface area (Å²) in [7, 11) is 0. The van der Waals surface area contributed by atoms with Gasteiger partial charge in [-0.2, -0.15) is 0 Å². The maximum Gasteiger partial charge on any atom is 0.295 e. The van der Waals surface area contributed by atoms with E-state index >= 15 is 0 Å². The summed E-state index contributed by atoms with van der Waals surface area (Å²) >= 11 is 0. The predicted octanol–water partition coefficient (Wildman–Crippen LogP) is 5.81. The fraction of sp³-hybridized carbons (Fsp3) is 0.583. The van der Waals surface area contributed by atoms with E-state index in [-0.39, 0.29) is 28.5 Å². The van der Waals surface area contributed by atoms with Gasteiger partial charge >= 0.3 is 0 Å². The Morgan fingerprint density at radius 1 is 0.867 bits per heavy atom. The van der Waals surface area contributed by atoms with Crippen molar-refractivity contribution in [1.29, 1.82) is 0 Å². The summed E-state index contributed by atoms with van der Waals surface area (Å²) in [5, 5.41) is 15.4. The van der Waals surface area contributed by atoms with Gasteiger partial charge in [-0.3, -0.25) is 14.2 Å². The highest BCUT2D eigenvalue weighted by atomic mass is 16.8. The topological polar surface area (TPSA) is 87.1 Å². The third-order valence-corrected chi connectivity index (χ3v) is 5.39. The van der Waals surface area contributed by atoms with E-state index in [0.29, 0.717) is 5.56 Å². The van der Waals surface area contributed by atoms with Crippen molar-refractivity contribution in [1.82, 2.24) is 5.16 Å². The van der Waals surface area contributed by atoms with Crippen LogP contribution < -0.4 is 4.90 Å². The van der Waals surface area contributed by atoms with Crippen LogP contribution in [0.5, 0.6) is 0 Å². The highest BCUT2D eigenvalue weighted by Crippen LogP contribution is 2.15. The Hall–Kier alpha value is -2.50. The largest absolute Gasteiger partial charge is 0.359 e. The zero-order chi connectivity index (χ0) is 21.6. The number of aromatic nitrogens is 2. The van der Waals surface area contributed by atoms with Gasteiger partial charge in [-0.1, -0.05) is 108 Å². The number of nitrogens with zero attached hydrogens (tertiary/aromatic N) is 2. The van der Waals surface area contributed by atoms with E-state index in [4.69, 9.17) is 0 Å². The number of Topliss-reactive ketones (excluding diaryl/α,β-unsaturated/α-hetero) is 1. The summed E-state index contributed by atoms with van der Waals surface area (Å²) in [4.78, 5) is 25.1. The molecule has 0 radical (unpaired) electrons. The summed E-state index contributed by atoms with van der Waals surface area (Å²) in [6.07, 6.45) is 14.8. The second kappa shape index (κ2) is 13.7. The van der Waals surface area contributed by atoms with Gasteiger partial charge in [0.15, 0.2) is 0 Å². The van der Waals surface area contributed by atoms with Crippen LogP contribution in [0.3, 0.4) is 0 Å². The molecule has 6 heteroatoms. The lowest BCUT2D eigenvalue weighted by Crippen LogP contribution is -2.32. The number of hydrogen-bond acceptors (Lipinski definition) is 5. The Bertz CT molecular complexity index is 771. The van der Waals surface area contributed by atoms with Crippen LogP contribution in [0.15, 0.2) is 35.0 Å². The molecule has 0 saturated carbocycles. The van der Waals surface area contributed by atoms with E-state index < -0.39 is 5.78 Å². The molecule has 164 valence electrons. The molecule has 0 spiro atoms. The zero-order valence-electron chi connectivity index (χ0n) is 18.1. The maximum atomic E-state index is 12.6. The molecular formula is C24H34N2O4. The molecule has 0 fully saturated rings. The van der Waals surface area contributed by atoms with Gasteiger partial charge in [0.25, 0.3) is 11.4 Å². The maximum absolute atomic E-state index is 12.6. The van der Waals surface area contributed by atoms with Crippen molar-refractivity contribution in [3.05, 3.63) is 52.5 Å². The second-order valence-corrected chi connectivity index (χ2v) is 7.88. The molecule has 0 unspecified atom stereocenters. The van der Waals surface area contributed by atoms with E-state index in [9.17, 15) is 14.8 Å². The Kier molecular flexibility index (Phi) is 10.8. The number of carbonyl (C=O) groups excluding carboxylic acids is 2. The Morgan fingerprint density at radius 3 is 1.97 bits per heavy atom. The summed E-state index contributed by atoms with van der Waals surface area (Å²) in [6.45, 7) is 2.24. The van der Waals surface area contributed by atoms with Gasteiger partial charge < -0.3 is 5.21 Å². The Labute approximate surface area is 179 Å². The number of hydrogen-bond donors (Lipinski definition) is 0. The highest BCUT2D eigenvalue weighted by Gasteiger charge is 2.31. The lowest BCUT2D eigenvalue weighted by atomic mass is 10.0. The first-order valence-corrected chi connectivity index (χ1v) is 11.4. The number of unbranched alkanes of at least 4 members (excludes halogenated alkanes) is 11. The third-order valence-electron chi connectivity index (χ3n) is 5.39. The minimum Gasteiger partial charge on any atom is -0.359 e. The first-order chi connectivity index (χ1) is 14.6. The number of rotatable bonds is 16. The number of benzene rings is 1. The van der Waals surface area contributed by atoms with Gasteiger partial charge in [-0.25, -0.2) is 0 Å². The number of carbonyl (C=O) groups is 2. The fourth-order valence-electron chi connectivity index (χ4n) is 3.59. The molecule has 6 nitrogen and oxygen atoms in total. The lowest BCUT2D eigenvalue weighted by molar-refractivity contribution is -0.803. The van der Waals surface area contributed by atoms with Crippen molar-refractivity contribution < 1.29 is 19.1 Å². The van der Waals surface area contributed by atoms with Gasteiger partial charge in [-0.15, -0.1) is 0 Å². The van der Waals surface area contributed by atoms with Crippen molar-refractivity contribution in [2.75, 3.05) is 0 Å². The minimum absolute atomic E-state index is 0.0326. The minimum atomic E-state index is -0.551. The van der Waals surface area contributed by atoms with E-state index in [1.54, 1.807) is 30.3 Å².